The zero-order valence-electron chi connectivity index (χ0n) is 11.2. The molecule has 0 spiro atoms. The molecule has 0 saturated heterocycles. The lowest BCUT2D eigenvalue weighted by Gasteiger charge is -2.14. The lowest BCUT2D eigenvalue weighted by molar-refractivity contribution is 0.174. The number of hydrogen-bond donors (Lipinski definition) is 1. The minimum Gasteiger partial charge on any atom is -0.386 e. The second-order valence-corrected chi connectivity index (χ2v) is 7.33. The molecule has 0 aliphatic heterocycles. The lowest BCUT2D eigenvalue weighted by Crippen LogP contribution is -2.11. The van der Waals surface area contributed by atoms with Crippen LogP contribution in [0, 0.1) is 0 Å². The molecule has 1 unspecified atom stereocenters. The van der Waals surface area contributed by atoms with Crippen LogP contribution >= 0.6 is 27.3 Å². The van der Waals surface area contributed by atoms with Crippen molar-refractivity contribution in [2.45, 2.75) is 38.7 Å². The van der Waals surface area contributed by atoms with Crippen LogP contribution in [-0.2, 0) is 11.8 Å². The number of pyridine rings is 1. The first-order valence-corrected chi connectivity index (χ1v) is 7.77. The quantitative estimate of drug-likeness (QED) is 0.922. The predicted molar refractivity (Wildman–Crippen MR) is 81.4 cm³/mol. The molecule has 0 amide bonds. The average molecular weight is 341 g/mol. The average Bonchev–Trinajstić information content (AvgIpc) is 2.77. The molecule has 1 N–H and O–H groups in total. The summed E-state index contributed by atoms with van der Waals surface area (Å²) >= 11 is 4.98. The molecule has 0 aliphatic carbocycles. The third kappa shape index (κ3) is 3.84. The first-order valence-electron chi connectivity index (χ1n) is 6.09. The predicted octanol–water partition coefficient (Wildman–Crippen LogP) is 3.87. The summed E-state index contributed by atoms with van der Waals surface area (Å²) in [4.78, 5) is 8.64. The van der Waals surface area contributed by atoms with Gasteiger partial charge in [0.15, 0.2) is 0 Å². The fourth-order valence-corrected chi connectivity index (χ4v) is 3.05. The number of nitrogens with zero attached hydrogens (tertiary/aromatic N) is 2. The molecule has 0 aliphatic rings. The van der Waals surface area contributed by atoms with E-state index in [-0.39, 0.29) is 5.41 Å². The lowest BCUT2D eigenvalue weighted by atomic mass is 9.98. The molecule has 0 fully saturated rings. The molecule has 0 bridgehead atoms. The van der Waals surface area contributed by atoms with Crippen LogP contribution in [0.5, 0.6) is 0 Å². The number of thiazole rings is 1. The van der Waals surface area contributed by atoms with E-state index >= 15 is 0 Å². The molecule has 102 valence electrons. The van der Waals surface area contributed by atoms with Crippen LogP contribution in [0.25, 0.3) is 0 Å². The van der Waals surface area contributed by atoms with E-state index in [1.165, 1.54) is 0 Å². The Labute approximate surface area is 125 Å². The normalized spacial score (nSPS) is 13.5. The zero-order valence-corrected chi connectivity index (χ0v) is 13.6. The Morgan fingerprint density at radius 2 is 2.11 bits per heavy atom. The molecular formula is C14H17BrN2OS. The van der Waals surface area contributed by atoms with Gasteiger partial charge in [-0.25, -0.2) is 4.98 Å². The van der Waals surface area contributed by atoms with Crippen molar-refractivity contribution in [2.24, 2.45) is 0 Å². The number of aliphatic hydroxyl groups excluding tert-OH is 1. The zero-order chi connectivity index (χ0) is 14.0. The van der Waals surface area contributed by atoms with E-state index in [9.17, 15) is 5.11 Å². The highest BCUT2D eigenvalue weighted by Gasteiger charge is 2.20. The molecule has 1 atom stereocenters. The molecule has 2 aromatic rings. The molecular weight excluding hydrogens is 324 g/mol. The third-order valence-electron chi connectivity index (χ3n) is 2.70. The van der Waals surface area contributed by atoms with E-state index in [2.05, 4.69) is 46.7 Å². The molecule has 5 heteroatoms. The van der Waals surface area contributed by atoms with Crippen LogP contribution in [-0.4, -0.2) is 15.1 Å². The Kier molecular flexibility index (Phi) is 4.38. The van der Waals surface area contributed by atoms with Gasteiger partial charge in [0.1, 0.15) is 6.10 Å². The Hall–Kier alpha value is -0.780. The number of aliphatic hydroxyl groups is 1. The van der Waals surface area contributed by atoms with Crippen molar-refractivity contribution in [3.8, 4) is 0 Å². The summed E-state index contributed by atoms with van der Waals surface area (Å²) in [6.07, 6.45) is 3.45. The van der Waals surface area contributed by atoms with Crippen LogP contribution in [0.4, 0.5) is 0 Å². The largest absolute Gasteiger partial charge is 0.386 e. The van der Waals surface area contributed by atoms with Crippen molar-refractivity contribution in [3.63, 3.8) is 0 Å². The van der Waals surface area contributed by atoms with Crippen LogP contribution in [0.1, 0.15) is 43.1 Å². The highest BCUT2D eigenvalue weighted by atomic mass is 79.9. The maximum absolute atomic E-state index is 10.2. The van der Waals surface area contributed by atoms with Crippen LogP contribution in [0.15, 0.2) is 28.3 Å². The highest BCUT2D eigenvalue weighted by Crippen LogP contribution is 2.28. The Bertz CT molecular complexity index is 563. The summed E-state index contributed by atoms with van der Waals surface area (Å²) in [5.74, 6) is 0. The number of halogens is 1. The number of aromatic nitrogens is 2. The van der Waals surface area contributed by atoms with Crippen LogP contribution < -0.4 is 0 Å². The Morgan fingerprint density at radius 3 is 2.68 bits per heavy atom. The summed E-state index contributed by atoms with van der Waals surface area (Å²) in [7, 11) is 0. The van der Waals surface area contributed by atoms with Gasteiger partial charge in [0.25, 0.3) is 0 Å². The van der Waals surface area contributed by atoms with Gasteiger partial charge in [-0.1, -0.05) is 20.8 Å². The second kappa shape index (κ2) is 5.69. The maximum atomic E-state index is 10.2. The molecule has 3 nitrogen and oxygen atoms in total. The highest BCUT2D eigenvalue weighted by molar-refractivity contribution is 9.10. The van der Waals surface area contributed by atoms with Gasteiger partial charge in [0, 0.05) is 34.1 Å². The summed E-state index contributed by atoms with van der Waals surface area (Å²) in [5.41, 5.74) is 1.77. The molecule has 2 aromatic heterocycles. The molecule has 19 heavy (non-hydrogen) atoms. The molecule has 2 heterocycles. The first-order chi connectivity index (χ1) is 8.86. The van der Waals surface area contributed by atoms with E-state index in [0.717, 1.165) is 20.7 Å². The maximum Gasteiger partial charge on any atom is 0.101 e. The van der Waals surface area contributed by atoms with E-state index in [1.54, 1.807) is 23.7 Å². The van der Waals surface area contributed by atoms with Gasteiger partial charge in [-0.2, -0.15) is 0 Å². The summed E-state index contributed by atoms with van der Waals surface area (Å²) in [5, 5.41) is 13.2. The van der Waals surface area contributed by atoms with Gasteiger partial charge < -0.3 is 5.11 Å². The van der Waals surface area contributed by atoms with Crippen molar-refractivity contribution in [1.82, 2.24) is 9.97 Å². The van der Waals surface area contributed by atoms with E-state index in [0.29, 0.717) is 6.42 Å². The molecule has 0 saturated carbocycles. The van der Waals surface area contributed by atoms with Gasteiger partial charge in [0.05, 0.1) is 10.7 Å². The molecule has 2 rings (SSSR count). The molecule has 0 radical (unpaired) electrons. The number of hydrogen-bond acceptors (Lipinski definition) is 4. The van der Waals surface area contributed by atoms with Crippen molar-refractivity contribution < 1.29 is 5.11 Å². The minimum atomic E-state index is -0.580. The first kappa shape index (κ1) is 14.6. The SMILES string of the molecule is CC(C)(C)c1nc(C(O)Cc2cncc(Br)c2)cs1. The van der Waals surface area contributed by atoms with Crippen molar-refractivity contribution in [2.75, 3.05) is 0 Å². The summed E-state index contributed by atoms with van der Waals surface area (Å²) in [6, 6.07) is 1.97. The van der Waals surface area contributed by atoms with Gasteiger partial charge in [-0.05, 0) is 27.6 Å². The van der Waals surface area contributed by atoms with Crippen molar-refractivity contribution in [1.29, 1.82) is 0 Å². The van der Waals surface area contributed by atoms with E-state index in [1.807, 2.05) is 11.4 Å². The van der Waals surface area contributed by atoms with Crippen LogP contribution in [0.2, 0.25) is 0 Å². The van der Waals surface area contributed by atoms with Gasteiger partial charge in [-0.3, -0.25) is 4.98 Å². The van der Waals surface area contributed by atoms with Gasteiger partial charge >= 0.3 is 0 Å². The number of rotatable bonds is 3. The fourth-order valence-electron chi connectivity index (χ4n) is 1.68. The third-order valence-corrected chi connectivity index (χ3v) is 4.42. The van der Waals surface area contributed by atoms with E-state index in [4.69, 9.17) is 0 Å². The Balaban J connectivity index is 2.12. The van der Waals surface area contributed by atoms with Gasteiger partial charge in [-0.15, -0.1) is 11.3 Å². The standard InChI is InChI=1S/C14H17BrN2OS/c1-14(2,3)13-17-11(8-19-13)12(18)5-9-4-10(15)7-16-6-9/h4,6-8,12,18H,5H2,1-3H3. The Morgan fingerprint density at radius 1 is 1.37 bits per heavy atom. The minimum absolute atomic E-state index is 0.0277. The molecule has 0 aromatic carbocycles. The fraction of sp³-hybridized carbons (Fsp3) is 0.429. The monoisotopic (exact) mass is 340 g/mol. The smallest absolute Gasteiger partial charge is 0.101 e. The van der Waals surface area contributed by atoms with Crippen molar-refractivity contribution >= 4 is 27.3 Å². The summed E-state index contributed by atoms with van der Waals surface area (Å²) < 4.78 is 0.922. The van der Waals surface area contributed by atoms with E-state index < -0.39 is 6.10 Å². The topological polar surface area (TPSA) is 46.0 Å². The van der Waals surface area contributed by atoms with Crippen molar-refractivity contribution in [3.05, 3.63) is 44.6 Å². The van der Waals surface area contributed by atoms with Crippen LogP contribution in [0.3, 0.4) is 0 Å². The van der Waals surface area contributed by atoms with Gasteiger partial charge in [0.2, 0.25) is 0 Å². The summed E-state index contributed by atoms with van der Waals surface area (Å²) in [6.45, 7) is 6.38. The second-order valence-electron chi connectivity index (χ2n) is 5.56.